The Morgan fingerprint density at radius 1 is 0.814 bits per heavy atom. The van der Waals surface area contributed by atoms with Gasteiger partial charge in [0.1, 0.15) is 15.5 Å². The zero-order valence-electron chi connectivity index (χ0n) is 31.0. The molecule has 0 saturated heterocycles. The summed E-state index contributed by atoms with van der Waals surface area (Å²) in [7, 11) is -6.97. The number of para-hydroxylation sites is 1. The second-order valence-corrected chi connectivity index (χ2v) is 16.0. The highest BCUT2D eigenvalue weighted by Gasteiger charge is 2.35. The molecule has 0 atom stereocenters. The van der Waals surface area contributed by atoms with Crippen molar-refractivity contribution < 1.29 is 76.5 Å². The van der Waals surface area contributed by atoms with Crippen molar-refractivity contribution in [2.24, 2.45) is 7.05 Å². The van der Waals surface area contributed by atoms with Crippen molar-refractivity contribution in [2.75, 3.05) is 40.0 Å². The summed E-state index contributed by atoms with van der Waals surface area (Å²) in [5.41, 5.74) is -1.20. The Morgan fingerprint density at radius 3 is 1.93 bits per heavy atom. The number of anilines is 1. The number of rotatable bonds is 13. The molecule has 0 radical (unpaired) electrons. The highest BCUT2D eigenvalue weighted by Crippen LogP contribution is 2.29. The normalized spacial score (nSPS) is 11.6. The monoisotopic (exact) mass is 899 g/mol. The number of halogens is 3. The summed E-state index contributed by atoms with van der Waals surface area (Å²) in [5, 5.41) is 5.56. The number of sulfonamides is 3. The van der Waals surface area contributed by atoms with E-state index in [1.807, 2.05) is 0 Å². The van der Waals surface area contributed by atoms with Crippen molar-refractivity contribution >= 4 is 54.0 Å². The number of urea groups is 1. The molecular weight excluding hydrogens is 868 g/mol. The van der Waals surface area contributed by atoms with Gasteiger partial charge in [-0.05, 0) is 29.8 Å². The van der Waals surface area contributed by atoms with E-state index < -0.39 is 75.7 Å². The van der Waals surface area contributed by atoms with Gasteiger partial charge in [0.2, 0.25) is 27.7 Å². The largest absolute Gasteiger partial charge is 0.573 e. The number of carbonyl (C=O) groups excluding carboxylic acids is 3. The van der Waals surface area contributed by atoms with Gasteiger partial charge in [-0.1, -0.05) is 18.2 Å². The molecule has 0 saturated carbocycles. The molecule has 2 aromatic carbocycles. The van der Waals surface area contributed by atoms with Crippen molar-refractivity contribution in [3.8, 4) is 23.5 Å². The number of amides is 3. The van der Waals surface area contributed by atoms with Crippen LogP contribution in [-0.2, 0) is 48.4 Å². The first-order chi connectivity index (χ1) is 27.3. The van der Waals surface area contributed by atoms with E-state index in [1.54, 1.807) is 4.72 Å². The molecule has 0 fully saturated rings. The Kier molecular flexibility index (Phi) is 14.9. The van der Waals surface area contributed by atoms with Crippen molar-refractivity contribution in [1.82, 2.24) is 38.5 Å². The number of carbonyl (C=O) groups is 3. The van der Waals surface area contributed by atoms with E-state index >= 15 is 0 Å². The summed E-state index contributed by atoms with van der Waals surface area (Å²) in [6, 6.07) is 5.55. The molecule has 0 bridgehead atoms. The third-order valence-electron chi connectivity index (χ3n) is 6.73. The first-order valence-electron chi connectivity index (χ1n) is 15.4. The van der Waals surface area contributed by atoms with E-state index in [0.717, 1.165) is 61.4 Å². The fourth-order valence-electron chi connectivity index (χ4n) is 4.19. The predicted molar refractivity (Wildman–Crippen MR) is 192 cm³/mol. The van der Waals surface area contributed by atoms with Gasteiger partial charge in [0.25, 0.3) is 20.0 Å². The Labute approximate surface area is 331 Å². The van der Waals surface area contributed by atoms with Crippen molar-refractivity contribution in [3.63, 3.8) is 0 Å². The lowest BCUT2D eigenvalue weighted by atomic mass is 10.1. The summed E-state index contributed by atoms with van der Waals surface area (Å²) in [6.07, 6.45) is -4.23. The highest BCUT2D eigenvalue weighted by atomic mass is 32.2. The minimum atomic E-state index is -5.15. The predicted octanol–water partition coefficient (Wildman–Crippen LogP) is 0.276. The molecular formula is C29H32F3N9O15S3. The van der Waals surface area contributed by atoms with Crippen LogP contribution in [-0.4, -0.2) is 109 Å². The first-order valence-corrected chi connectivity index (χ1v) is 20.3. The standard InChI is InChI=1S/C17H21N5O9S2.C12H11F3N4O6S/c1-29-13-8-14(30-2)20-16(19-13)21-17(24)22-33(27,28)12-7-10(9-18-32(4,25)26)5-6-11(12)15(23)31-3;1-18-10(24-2)16-19(11(18)21)9(20)17-26(22,23)8-6-4-3-5-7(8)25-12(13,14)15/h5-8,18H,9H2,1-4H3,(H2,19,20,21,22,24);3-6H,1-2H3,(H,17,20). The molecule has 3 amide bonds. The van der Waals surface area contributed by atoms with Crippen LogP contribution in [0.4, 0.5) is 28.7 Å². The Balaban J connectivity index is 0.000000324. The van der Waals surface area contributed by atoms with Gasteiger partial charge in [0, 0.05) is 13.6 Å². The van der Waals surface area contributed by atoms with E-state index in [4.69, 9.17) is 14.2 Å². The van der Waals surface area contributed by atoms with Crippen LogP contribution in [0.5, 0.6) is 23.5 Å². The van der Waals surface area contributed by atoms with Crippen molar-refractivity contribution in [1.29, 1.82) is 0 Å². The van der Waals surface area contributed by atoms with Crippen LogP contribution in [0.3, 0.4) is 0 Å². The number of benzene rings is 2. The van der Waals surface area contributed by atoms with E-state index in [-0.39, 0.29) is 46.1 Å². The summed E-state index contributed by atoms with van der Waals surface area (Å²) in [4.78, 5) is 54.3. The van der Waals surface area contributed by atoms with Crippen LogP contribution in [0, 0.1) is 0 Å². The second kappa shape index (κ2) is 18.8. The lowest BCUT2D eigenvalue weighted by molar-refractivity contribution is -0.275. The topological polar surface area (TPSA) is 314 Å². The fourth-order valence-corrected chi connectivity index (χ4v) is 6.83. The van der Waals surface area contributed by atoms with E-state index in [9.17, 15) is 57.6 Å². The minimum absolute atomic E-state index is 0.0408. The fraction of sp³-hybridized carbons (Fsp3) is 0.276. The van der Waals surface area contributed by atoms with Gasteiger partial charge in [-0.15, -0.1) is 23.0 Å². The number of nitrogens with one attached hydrogen (secondary N) is 4. The summed E-state index contributed by atoms with van der Waals surface area (Å²) >= 11 is 0. The van der Waals surface area contributed by atoms with Gasteiger partial charge < -0.3 is 23.7 Å². The number of nitrogens with zero attached hydrogens (tertiary/aromatic N) is 5. The third kappa shape index (κ3) is 13.0. The molecule has 0 unspecified atom stereocenters. The number of esters is 1. The van der Waals surface area contributed by atoms with Crippen LogP contribution in [0.15, 0.2) is 63.1 Å². The van der Waals surface area contributed by atoms with Crippen LogP contribution in [0.25, 0.3) is 0 Å². The average Bonchev–Trinajstić information content (AvgIpc) is 3.44. The molecule has 0 spiro atoms. The number of alkyl halides is 3. The van der Waals surface area contributed by atoms with Crippen molar-refractivity contribution in [2.45, 2.75) is 22.7 Å². The number of hydrogen-bond acceptors (Lipinski definition) is 18. The van der Waals surface area contributed by atoms with Gasteiger partial charge in [0.05, 0.1) is 46.3 Å². The van der Waals surface area contributed by atoms with Crippen LogP contribution < -0.4 is 44.1 Å². The van der Waals surface area contributed by atoms with Gasteiger partial charge in [-0.3, -0.25) is 5.32 Å². The molecule has 0 aliphatic rings. The Hall–Kier alpha value is -6.53. The molecule has 4 N–H and O–H groups in total. The van der Waals surface area contributed by atoms with E-state index in [2.05, 4.69) is 34.6 Å². The maximum Gasteiger partial charge on any atom is 0.573 e. The van der Waals surface area contributed by atoms with Crippen LogP contribution >= 0.6 is 0 Å². The first kappa shape index (κ1) is 46.8. The van der Waals surface area contributed by atoms with Gasteiger partial charge in [-0.25, -0.2) is 63.2 Å². The van der Waals surface area contributed by atoms with Gasteiger partial charge >= 0.3 is 36.1 Å². The molecule has 322 valence electrons. The molecule has 24 nitrogen and oxygen atoms in total. The number of hydrogen-bond donors (Lipinski definition) is 4. The van der Waals surface area contributed by atoms with Gasteiger partial charge in [0.15, 0.2) is 0 Å². The molecule has 0 aliphatic carbocycles. The smallest absolute Gasteiger partial charge is 0.481 e. The number of ether oxygens (including phenoxy) is 5. The van der Waals surface area contributed by atoms with Gasteiger partial charge in [-0.2, -0.15) is 9.97 Å². The molecule has 2 heterocycles. The molecule has 59 heavy (non-hydrogen) atoms. The zero-order chi connectivity index (χ0) is 44.5. The maximum absolute atomic E-state index is 12.9. The number of aromatic nitrogens is 5. The van der Waals surface area contributed by atoms with Crippen LogP contribution in [0.1, 0.15) is 15.9 Å². The molecule has 2 aromatic heterocycles. The Morgan fingerprint density at radius 2 is 1.41 bits per heavy atom. The SMILES string of the molecule is COC(=O)c1ccc(CNS(C)(=O)=O)cc1S(=O)(=O)NC(=O)Nc1nc(OC)cc(OC)n1.COc1nn(C(=O)NS(=O)(=O)c2ccccc2OC(F)(F)F)c(=O)n1C. The molecule has 4 aromatic rings. The maximum atomic E-state index is 12.9. The summed E-state index contributed by atoms with van der Waals surface area (Å²) < 4.78 is 139. The zero-order valence-corrected chi connectivity index (χ0v) is 33.5. The third-order valence-corrected chi connectivity index (χ3v) is 10.1. The average molecular weight is 900 g/mol. The highest BCUT2D eigenvalue weighted by molar-refractivity contribution is 7.90. The second-order valence-electron chi connectivity index (χ2n) is 10.9. The minimum Gasteiger partial charge on any atom is -0.481 e. The molecule has 0 aliphatic heterocycles. The summed E-state index contributed by atoms with van der Waals surface area (Å²) in [5.74, 6) is -2.28. The van der Waals surface area contributed by atoms with E-state index in [1.165, 1.54) is 38.1 Å². The lowest BCUT2D eigenvalue weighted by Gasteiger charge is -2.13. The summed E-state index contributed by atoms with van der Waals surface area (Å²) in [6.45, 7) is -0.257. The van der Waals surface area contributed by atoms with Crippen LogP contribution in [0.2, 0.25) is 0 Å². The molecule has 4 rings (SSSR count). The number of methoxy groups -OCH3 is 4. The quantitative estimate of drug-likeness (QED) is 0.131. The Bertz CT molecular complexity index is 2600. The molecule has 30 heteroatoms. The van der Waals surface area contributed by atoms with E-state index in [0.29, 0.717) is 0 Å². The lowest BCUT2D eigenvalue weighted by Crippen LogP contribution is -2.40. The van der Waals surface area contributed by atoms with Crippen molar-refractivity contribution in [3.05, 3.63) is 70.1 Å².